The van der Waals surface area contributed by atoms with Crippen molar-refractivity contribution in [1.29, 1.82) is 0 Å². The highest BCUT2D eigenvalue weighted by atomic mass is 28.4. The number of allylic oxidation sites excluding steroid dienone is 4. The van der Waals surface area contributed by atoms with E-state index in [2.05, 4.69) is 108 Å². The summed E-state index contributed by atoms with van der Waals surface area (Å²) in [5.41, 5.74) is 0.114. The number of rotatable bonds is 8. The Labute approximate surface area is 226 Å². The molecule has 5 heteroatoms. The number of hydrogen-bond donors (Lipinski definition) is 0. The number of carbonyl (C=O) groups excluding carboxylic acids is 1. The summed E-state index contributed by atoms with van der Waals surface area (Å²) in [5, 5.41) is 0.339. The molecule has 0 aliphatic heterocycles. The lowest BCUT2D eigenvalue weighted by molar-refractivity contribution is -0.110. The third-order valence-electron chi connectivity index (χ3n) is 10.3. The summed E-state index contributed by atoms with van der Waals surface area (Å²) in [6.45, 7) is 33.1. The van der Waals surface area contributed by atoms with Crippen LogP contribution in [0, 0.1) is 22.7 Å². The maximum absolute atomic E-state index is 11.7. The number of ketones is 1. The van der Waals surface area contributed by atoms with Gasteiger partial charge in [-0.05, 0) is 91.4 Å². The first-order valence-corrected chi connectivity index (χ1v) is 20.1. The topological polar surface area (TPSA) is 35.5 Å². The van der Waals surface area contributed by atoms with Crippen LogP contribution in [0.3, 0.4) is 0 Å². The summed E-state index contributed by atoms with van der Waals surface area (Å²) in [5.74, 6) is 1.26. The van der Waals surface area contributed by atoms with Gasteiger partial charge in [-0.1, -0.05) is 81.4 Å². The second-order valence-corrected chi connectivity index (χ2v) is 25.4. The van der Waals surface area contributed by atoms with Crippen molar-refractivity contribution in [3.63, 3.8) is 0 Å². The van der Waals surface area contributed by atoms with Gasteiger partial charge in [0.05, 0.1) is 12.2 Å². The molecule has 3 nitrogen and oxygen atoms in total. The van der Waals surface area contributed by atoms with E-state index in [-0.39, 0.29) is 38.9 Å². The van der Waals surface area contributed by atoms with Gasteiger partial charge in [-0.25, -0.2) is 0 Å². The molecule has 0 aromatic rings. The summed E-state index contributed by atoms with van der Waals surface area (Å²) in [7, 11) is -3.91. The van der Waals surface area contributed by atoms with Crippen molar-refractivity contribution in [3.05, 3.63) is 24.3 Å². The fourth-order valence-electron chi connectivity index (χ4n) is 5.52. The summed E-state index contributed by atoms with van der Waals surface area (Å²) in [4.78, 5) is 11.7. The van der Waals surface area contributed by atoms with Gasteiger partial charge >= 0.3 is 0 Å². The van der Waals surface area contributed by atoms with E-state index >= 15 is 0 Å². The van der Waals surface area contributed by atoms with Crippen molar-refractivity contribution >= 4 is 22.4 Å². The fraction of sp³-hybridized carbons (Fsp3) is 0.839. The number of carbonyl (C=O) groups is 1. The molecular formula is C31H58O3Si2. The standard InChI is InChI=1S/C31H58O3Si2/c1-23(2)25-21-26(33-35(11,12)28(3,4)5)27(34-36(13,14)29(6,7)8)22-31(25,10)20-19-30(9)17-15-24(32)16-18-30/h15-18,23,25-27H,19-22H2,1-14H3/t25-,26?,27?,31+/m1/s1. The highest BCUT2D eigenvalue weighted by Gasteiger charge is 2.52. The Morgan fingerprint density at radius 2 is 1.31 bits per heavy atom. The highest BCUT2D eigenvalue weighted by molar-refractivity contribution is 6.74. The van der Waals surface area contributed by atoms with Crippen molar-refractivity contribution in [1.82, 2.24) is 0 Å². The molecule has 2 rings (SSSR count). The average molecular weight is 535 g/mol. The Balaban J connectivity index is 2.41. The van der Waals surface area contributed by atoms with Gasteiger partial charge in [0.25, 0.3) is 0 Å². The molecule has 0 saturated heterocycles. The Kier molecular flexibility index (Phi) is 9.32. The van der Waals surface area contributed by atoms with Gasteiger partial charge in [-0.3, -0.25) is 4.79 Å². The predicted molar refractivity (Wildman–Crippen MR) is 160 cm³/mol. The van der Waals surface area contributed by atoms with Gasteiger partial charge in [0.15, 0.2) is 22.4 Å². The molecule has 208 valence electrons. The smallest absolute Gasteiger partial charge is 0.192 e. The minimum atomic E-state index is -1.97. The van der Waals surface area contributed by atoms with Crippen molar-refractivity contribution in [3.8, 4) is 0 Å². The van der Waals surface area contributed by atoms with Gasteiger partial charge in [-0.15, -0.1) is 0 Å². The van der Waals surface area contributed by atoms with Crippen LogP contribution >= 0.6 is 0 Å². The monoisotopic (exact) mass is 534 g/mol. The van der Waals surface area contributed by atoms with Crippen molar-refractivity contribution < 1.29 is 13.6 Å². The van der Waals surface area contributed by atoms with Gasteiger partial charge < -0.3 is 8.85 Å². The summed E-state index contributed by atoms with van der Waals surface area (Å²) >= 11 is 0. The van der Waals surface area contributed by atoms with E-state index in [1.165, 1.54) is 0 Å². The van der Waals surface area contributed by atoms with Gasteiger partial charge in [0.1, 0.15) is 0 Å². The van der Waals surface area contributed by atoms with E-state index in [1.807, 2.05) is 0 Å². The highest BCUT2D eigenvalue weighted by Crippen LogP contribution is 2.53. The van der Waals surface area contributed by atoms with E-state index in [0.29, 0.717) is 11.8 Å². The Bertz CT molecular complexity index is 825. The molecule has 2 unspecified atom stereocenters. The van der Waals surface area contributed by atoms with Crippen molar-refractivity contribution in [2.75, 3.05) is 0 Å². The van der Waals surface area contributed by atoms with E-state index in [4.69, 9.17) is 8.85 Å². The van der Waals surface area contributed by atoms with Crippen LogP contribution in [-0.4, -0.2) is 34.6 Å². The van der Waals surface area contributed by atoms with Crippen molar-refractivity contribution in [2.45, 2.75) is 143 Å². The summed E-state index contributed by atoms with van der Waals surface area (Å²) in [6.07, 6.45) is 12.3. The quantitative estimate of drug-likeness (QED) is 0.291. The Morgan fingerprint density at radius 3 is 1.72 bits per heavy atom. The lowest BCUT2D eigenvalue weighted by Gasteiger charge is -2.54. The molecule has 0 N–H and O–H groups in total. The van der Waals surface area contributed by atoms with E-state index < -0.39 is 16.6 Å². The van der Waals surface area contributed by atoms with Gasteiger partial charge in [0, 0.05) is 5.41 Å². The molecule has 1 saturated carbocycles. The zero-order valence-electron chi connectivity index (χ0n) is 26.2. The second kappa shape index (κ2) is 10.6. The lowest BCUT2D eigenvalue weighted by atomic mass is 9.59. The molecular weight excluding hydrogens is 477 g/mol. The molecule has 4 atom stereocenters. The first-order valence-electron chi connectivity index (χ1n) is 14.3. The molecule has 0 aromatic carbocycles. The van der Waals surface area contributed by atoms with Crippen LogP contribution in [0.5, 0.6) is 0 Å². The summed E-state index contributed by atoms with van der Waals surface area (Å²) < 4.78 is 14.4. The normalized spacial score (nSPS) is 29.8. The summed E-state index contributed by atoms with van der Waals surface area (Å²) in [6, 6.07) is 0. The molecule has 0 radical (unpaired) electrons. The van der Waals surface area contributed by atoms with E-state index in [0.717, 1.165) is 25.7 Å². The van der Waals surface area contributed by atoms with Crippen LogP contribution in [-0.2, 0) is 13.6 Å². The molecule has 2 aliphatic rings. The molecule has 0 amide bonds. The molecule has 1 fully saturated rings. The van der Waals surface area contributed by atoms with Crippen molar-refractivity contribution in [2.24, 2.45) is 22.7 Å². The maximum atomic E-state index is 11.7. The second-order valence-electron chi connectivity index (χ2n) is 15.9. The van der Waals surface area contributed by atoms with Crippen LogP contribution in [0.25, 0.3) is 0 Å². The van der Waals surface area contributed by atoms with Crippen LogP contribution in [0.4, 0.5) is 0 Å². The zero-order valence-corrected chi connectivity index (χ0v) is 28.2. The largest absolute Gasteiger partial charge is 0.411 e. The molecule has 0 spiro atoms. The maximum Gasteiger partial charge on any atom is 0.192 e. The lowest BCUT2D eigenvalue weighted by Crippen LogP contribution is -2.57. The minimum absolute atomic E-state index is 0.0529. The average Bonchev–Trinajstić information content (AvgIpc) is 2.69. The minimum Gasteiger partial charge on any atom is -0.411 e. The Hall–Kier alpha value is -0.496. The molecule has 2 aliphatic carbocycles. The molecule has 0 heterocycles. The van der Waals surface area contributed by atoms with Crippen LogP contribution < -0.4 is 0 Å². The molecule has 0 bridgehead atoms. The third-order valence-corrected chi connectivity index (χ3v) is 19.3. The number of hydrogen-bond acceptors (Lipinski definition) is 3. The molecule has 0 aromatic heterocycles. The van der Waals surface area contributed by atoms with E-state index in [9.17, 15) is 4.79 Å². The molecule has 36 heavy (non-hydrogen) atoms. The SMILES string of the molecule is CC(C)[C@H]1CC(O[Si](C)(C)C(C)(C)C)C(O[Si](C)(C)C(C)(C)C)C[C@]1(C)CCC1(C)C=CC(=O)C=C1. The van der Waals surface area contributed by atoms with E-state index in [1.54, 1.807) is 12.2 Å². The van der Waals surface area contributed by atoms with Crippen LogP contribution in [0.2, 0.25) is 36.3 Å². The zero-order chi connectivity index (χ0) is 28.0. The fourth-order valence-corrected chi connectivity index (χ4v) is 8.23. The predicted octanol–water partition coefficient (Wildman–Crippen LogP) is 9.32. The first kappa shape index (κ1) is 31.7. The Morgan fingerprint density at radius 1 is 0.861 bits per heavy atom. The first-order chi connectivity index (χ1) is 16.0. The third kappa shape index (κ3) is 7.33. The van der Waals surface area contributed by atoms with Crippen LogP contribution in [0.1, 0.15) is 94.9 Å². The van der Waals surface area contributed by atoms with Gasteiger partial charge in [0.2, 0.25) is 0 Å². The van der Waals surface area contributed by atoms with Gasteiger partial charge in [-0.2, -0.15) is 0 Å². The van der Waals surface area contributed by atoms with Crippen LogP contribution in [0.15, 0.2) is 24.3 Å².